The molecule has 2 fully saturated rings. The zero-order valence-electron chi connectivity index (χ0n) is 23.4. The van der Waals surface area contributed by atoms with Gasteiger partial charge in [-0.05, 0) is 51.4 Å². The van der Waals surface area contributed by atoms with Gasteiger partial charge in [0.15, 0.2) is 0 Å². The first-order valence-electron chi connectivity index (χ1n) is 13.9. The minimum absolute atomic E-state index is 0.121. The van der Waals surface area contributed by atoms with Crippen LogP contribution in [-0.2, 0) is 19.1 Å². The zero-order chi connectivity index (χ0) is 29.2. The Labute approximate surface area is 232 Å². The molecule has 5 atom stereocenters. The number of nitrogens with zero attached hydrogens (tertiary/aromatic N) is 2. The lowest BCUT2D eigenvalue weighted by Gasteiger charge is -2.40. The Morgan fingerprint density at radius 2 is 1.95 bits per heavy atom. The highest BCUT2D eigenvalue weighted by molar-refractivity contribution is 6.09. The number of esters is 1. The van der Waals surface area contributed by atoms with Crippen LogP contribution in [0.3, 0.4) is 0 Å². The van der Waals surface area contributed by atoms with E-state index in [9.17, 15) is 27.6 Å². The van der Waals surface area contributed by atoms with E-state index < -0.39 is 48.1 Å². The monoisotopic (exact) mass is 565 g/mol. The van der Waals surface area contributed by atoms with Gasteiger partial charge in [-0.3, -0.25) is 19.4 Å². The molecule has 5 unspecified atom stereocenters. The summed E-state index contributed by atoms with van der Waals surface area (Å²) in [7, 11) is 2.03. The van der Waals surface area contributed by atoms with E-state index in [0.29, 0.717) is 30.6 Å². The van der Waals surface area contributed by atoms with Gasteiger partial charge >= 0.3 is 18.2 Å². The highest BCUT2D eigenvalue weighted by Crippen LogP contribution is 2.45. The molecule has 2 aliphatic carbocycles. The van der Waals surface area contributed by atoms with Crippen molar-refractivity contribution in [3.05, 3.63) is 47.3 Å². The largest absolute Gasteiger partial charge is 0.493 e. The smallest absolute Gasteiger partial charge is 0.393 e. The van der Waals surface area contributed by atoms with E-state index in [1.165, 1.54) is 17.1 Å². The van der Waals surface area contributed by atoms with E-state index >= 15 is 0 Å². The molecule has 220 valence electrons. The number of rotatable bonds is 10. The van der Waals surface area contributed by atoms with Crippen molar-refractivity contribution in [1.29, 1.82) is 0 Å². The van der Waals surface area contributed by atoms with Gasteiger partial charge in [0.25, 0.3) is 5.91 Å². The van der Waals surface area contributed by atoms with Crippen molar-refractivity contribution >= 4 is 17.9 Å². The number of amides is 3. The second-order valence-electron chi connectivity index (χ2n) is 10.9. The molecule has 3 amide bonds. The SMILES string of the molecule is CCCC1=C(OCCCN2C(=O)NC(C)(C3=CCC(N(C)CC)C=C3)C2=O)C=CC2C1OC(=O)CC2C(F)(F)F. The van der Waals surface area contributed by atoms with Crippen LogP contribution in [0.4, 0.5) is 18.0 Å². The molecule has 0 saturated carbocycles. The summed E-state index contributed by atoms with van der Waals surface area (Å²) in [6.07, 6.45) is 4.77. The van der Waals surface area contributed by atoms with E-state index in [1.54, 1.807) is 6.92 Å². The van der Waals surface area contributed by atoms with E-state index in [4.69, 9.17) is 9.47 Å². The number of carbonyl (C=O) groups is 3. The fraction of sp³-hybridized carbons (Fsp3) is 0.621. The molecule has 8 nitrogen and oxygen atoms in total. The minimum atomic E-state index is -4.52. The maximum absolute atomic E-state index is 13.6. The fourth-order valence-electron chi connectivity index (χ4n) is 5.83. The van der Waals surface area contributed by atoms with Crippen LogP contribution in [0.1, 0.15) is 52.9 Å². The predicted octanol–water partition coefficient (Wildman–Crippen LogP) is 4.64. The molecule has 0 aromatic carbocycles. The highest BCUT2D eigenvalue weighted by atomic mass is 19.4. The summed E-state index contributed by atoms with van der Waals surface area (Å²) in [5.74, 6) is -3.62. The third-order valence-electron chi connectivity index (χ3n) is 8.31. The molecule has 0 aromatic heterocycles. The van der Waals surface area contributed by atoms with Crippen molar-refractivity contribution < 1.29 is 37.0 Å². The number of ether oxygens (including phenoxy) is 2. The standard InChI is InChI=1S/C29H38F3N3O5/c1-5-8-21-23(14-13-20-22(29(30,31)32)17-24(36)40-25(20)21)39-16-7-15-35-26(37)28(3,33-27(35)38)18-9-11-19(12-10-18)34(4)6-2/h9-11,13-14,19-20,22,25H,5-8,12,15-17H2,1-4H3,(H,33,38). The molecule has 0 bridgehead atoms. The number of nitrogens with one attached hydrogen (secondary N) is 1. The summed E-state index contributed by atoms with van der Waals surface area (Å²) in [6, 6.07) is -0.237. The molecule has 0 aromatic rings. The zero-order valence-corrected chi connectivity index (χ0v) is 23.4. The van der Waals surface area contributed by atoms with Gasteiger partial charge in [0, 0.05) is 24.1 Å². The maximum Gasteiger partial charge on any atom is 0.393 e. The molecule has 4 rings (SSSR count). The lowest BCUT2D eigenvalue weighted by Crippen LogP contribution is -2.46. The Morgan fingerprint density at radius 1 is 1.20 bits per heavy atom. The van der Waals surface area contributed by atoms with E-state index in [0.717, 1.165) is 18.5 Å². The topological polar surface area (TPSA) is 88.2 Å². The summed E-state index contributed by atoms with van der Waals surface area (Å²) in [4.78, 5) is 41.4. The van der Waals surface area contributed by atoms with E-state index in [2.05, 4.69) is 17.1 Å². The number of fused-ring (bicyclic) bond motifs is 1. The molecular weight excluding hydrogens is 527 g/mol. The molecule has 1 N–H and O–H groups in total. The van der Waals surface area contributed by atoms with Crippen molar-refractivity contribution in [2.75, 3.05) is 26.7 Å². The first-order valence-corrected chi connectivity index (χ1v) is 13.9. The molecule has 2 heterocycles. The third kappa shape index (κ3) is 5.84. The van der Waals surface area contributed by atoms with Crippen LogP contribution in [0.5, 0.6) is 0 Å². The molecule has 4 aliphatic rings. The number of urea groups is 1. The van der Waals surface area contributed by atoms with Crippen LogP contribution in [0.25, 0.3) is 0 Å². The molecule has 2 aliphatic heterocycles. The van der Waals surface area contributed by atoms with Crippen molar-refractivity contribution in [3.63, 3.8) is 0 Å². The molecule has 40 heavy (non-hydrogen) atoms. The summed E-state index contributed by atoms with van der Waals surface area (Å²) < 4.78 is 52.2. The number of alkyl halides is 3. The van der Waals surface area contributed by atoms with Crippen molar-refractivity contribution in [1.82, 2.24) is 15.1 Å². The Balaban J connectivity index is 1.37. The number of hydrogen-bond donors (Lipinski definition) is 1. The van der Waals surface area contributed by atoms with Gasteiger partial charge in [0.05, 0.1) is 18.9 Å². The van der Waals surface area contributed by atoms with Crippen molar-refractivity contribution in [2.45, 2.75) is 76.7 Å². The van der Waals surface area contributed by atoms with Crippen LogP contribution in [-0.4, -0.2) is 78.3 Å². The Bertz CT molecular complexity index is 1140. The number of allylic oxidation sites excluding steroid dienone is 1. The van der Waals surface area contributed by atoms with Crippen LogP contribution < -0.4 is 5.32 Å². The summed E-state index contributed by atoms with van der Waals surface area (Å²) in [5, 5.41) is 2.83. The number of hydrogen-bond acceptors (Lipinski definition) is 6. The van der Waals surface area contributed by atoms with Crippen LogP contribution >= 0.6 is 0 Å². The quantitative estimate of drug-likeness (QED) is 0.236. The van der Waals surface area contributed by atoms with Crippen LogP contribution in [0.2, 0.25) is 0 Å². The van der Waals surface area contributed by atoms with E-state index in [-0.39, 0.29) is 25.1 Å². The average Bonchev–Trinajstić information content (AvgIpc) is 3.14. The first kappa shape index (κ1) is 29.9. The minimum Gasteiger partial charge on any atom is -0.493 e. The molecule has 11 heteroatoms. The van der Waals surface area contributed by atoms with Gasteiger partial charge in [-0.1, -0.05) is 44.6 Å². The van der Waals surface area contributed by atoms with Gasteiger partial charge in [-0.25, -0.2) is 4.79 Å². The second kappa shape index (κ2) is 11.8. The Kier molecular flexibility index (Phi) is 8.82. The van der Waals surface area contributed by atoms with Gasteiger partial charge in [-0.2, -0.15) is 13.2 Å². The molecule has 0 spiro atoms. The predicted molar refractivity (Wildman–Crippen MR) is 142 cm³/mol. The average molecular weight is 566 g/mol. The Hall–Kier alpha value is -3.08. The van der Waals surface area contributed by atoms with Crippen molar-refractivity contribution in [3.8, 4) is 0 Å². The van der Waals surface area contributed by atoms with Crippen LogP contribution in [0, 0.1) is 11.8 Å². The number of halogens is 3. The Morgan fingerprint density at radius 3 is 2.58 bits per heavy atom. The lowest BCUT2D eigenvalue weighted by atomic mass is 9.76. The second-order valence-corrected chi connectivity index (χ2v) is 10.9. The fourth-order valence-corrected chi connectivity index (χ4v) is 5.83. The first-order chi connectivity index (χ1) is 18.9. The number of carbonyl (C=O) groups excluding carboxylic acids is 3. The van der Waals surface area contributed by atoms with Gasteiger partial charge in [0.2, 0.25) is 0 Å². The number of likely N-dealkylation sites (N-methyl/N-ethyl adjacent to an activating group) is 1. The molecule has 2 saturated heterocycles. The maximum atomic E-state index is 13.6. The van der Waals surface area contributed by atoms with E-state index in [1.807, 2.05) is 32.2 Å². The summed E-state index contributed by atoms with van der Waals surface area (Å²) in [5.41, 5.74) is 0.130. The highest BCUT2D eigenvalue weighted by Gasteiger charge is 2.53. The van der Waals surface area contributed by atoms with Gasteiger partial charge < -0.3 is 14.8 Å². The number of imide groups is 1. The normalized spacial score (nSPS) is 30.4. The van der Waals surface area contributed by atoms with Gasteiger partial charge in [0.1, 0.15) is 17.4 Å². The molecule has 0 radical (unpaired) electrons. The molecular formula is C29H38F3N3O5. The van der Waals surface area contributed by atoms with Crippen molar-refractivity contribution in [2.24, 2.45) is 11.8 Å². The summed E-state index contributed by atoms with van der Waals surface area (Å²) in [6.45, 7) is 6.81. The van der Waals surface area contributed by atoms with Crippen LogP contribution in [0.15, 0.2) is 47.3 Å². The third-order valence-corrected chi connectivity index (χ3v) is 8.31. The lowest BCUT2D eigenvalue weighted by molar-refractivity contribution is -0.215. The van der Waals surface area contributed by atoms with Gasteiger partial charge in [-0.15, -0.1) is 0 Å². The summed E-state index contributed by atoms with van der Waals surface area (Å²) >= 11 is 0.